The van der Waals surface area contributed by atoms with E-state index in [4.69, 9.17) is 20.8 Å². The van der Waals surface area contributed by atoms with Crippen LogP contribution in [0.25, 0.3) is 0 Å². The van der Waals surface area contributed by atoms with Crippen LogP contribution in [-0.2, 0) is 16.1 Å². The molecule has 9 heteroatoms. The quantitative estimate of drug-likeness (QED) is 0.814. The highest BCUT2D eigenvalue weighted by molar-refractivity contribution is 7.10. The molecule has 20 heavy (non-hydrogen) atoms. The molecule has 0 bridgehead atoms. The molecule has 0 aliphatic rings. The van der Waals surface area contributed by atoms with Crippen molar-refractivity contribution in [3.05, 3.63) is 34.2 Å². The number of aromatic nitrogens is 2. The van der Waals surface area contributed by atoms with Crippen LogP contribution >= 0.6 is 23.1 Å². The first-order chi connectivity index (χ1) is 9.66. The van der Waals surface area contributed by atoms with Gasteiger partial charge in [0.05, 0.1) is 12.7 Å². The Kier molecular flexibility index (Phi) is 5.08. The highest BCUT2D eigenvalue weighted by Crippen LogP contribution is 2.17. The lowest BCUT2D eigenvalue weighted by Crippen LogP contribution is -2.26. The molecule has 0 saturated heterocycles. The summed E-state index contributed by atoms with van der Waals surface area (Å²) in [6.07, 6.45) is 1.44. The average Bonchev–Trinajstić information content (AvgIpc) is 3.07. The number of carbonyl (C=O) groups is 2. The lowest BCUT2D eigenvalue weighted by Gasteiger charge is -2.04. The van der Waals surface area contributed by atoms with Crippen molar-refractivity contribution in [1.82, 2.24) is 14.9 Å². The van der Waals surface area contributed by atoms with Gasteiger partial charge in [0.25, 0.3) is 5.91 Å². The van der Waals surface area contributed by atoms with Gasteiger partial charge in [-0.2, -0.15) is 0 Å². The fourth-order valence-electron chi connectivity index (χ4n) is 1.28. The normalized spacial score (nSPS) is 10.2. The summed E-state index contributed by atoms with van der Waals surface area (Å²) in [4.78, 5) is 22.9. The van der Waals surface area contributed by atoms with Gasteiger partial charge in [-0.05, 0) is 12.1 Å². The van der Waals surface area contributed by atoms with Gasteiger partial charge in [-0.1, -0.05) is 16.1 Å². The van der Waals surface area contributed by atoms with Crippen LogP contribution in [0.4, 0.5) is 0 Å². The molecule has 106 valence electrons. The number of amides is 1. The zero-order valence-electron chi connectivity index (χ0n) is 10.2. The van der Waals surface area contributed by atoms with E-state index < -0.39 is 5.97 Å². The van der Waals surface area contributed by atoms with Crippen molar-refractivity contribution in [3.8, 4) is 0 Å². The molecule has 2 aromatic rings. The number of rotatable bonds is 6. The van der Waals surface area contributed by atoms with E-state index in [0.29, 0.717) is 10.0 Å². The van der Waals surface area contributed by atoms with E-state index in [-0.39, 0.29) is 31.2 Å². The molecule has 0 atom stereocenters. The number of furan rings is 1. The van der Waals surface area contributed by atoms with Gasteiger partial charge in [0.15, 0.2) is 5.76 Å². The summed E-state index contributed by atoms with van der Waals surface area (Å²) in [6, 6.07) is 3.14. The standard InChI is InChI=1S/C11H10ClN3O4S/c12-10-7(14-15-20-10)6-19-9(16)3-4-13-11(17)8-2-1-5-18-8/h1-2,5H,3-4,6H2,(H,13,17). The lowest BCUT2D eigenvalue weighted by molar-refractivity contribution is -0.144. The molecular formula is C11H10ClN3O4S. The Bertz CT molecular complexity index is 584. The van der Waals surface area contributed by atoms with Gasteiger partial charge in [-0.25, -0.2) is 0 Å². The Labute approximate surface area is 123 Å². The third-order valence-corrected chi connectivity index (χ3v) is 3.22. The van der Waals surface area contributed by atoms with Crippen molar-refractivity contribution >= 4 is 35.0 Å². The first kappa shape index (κ1) is 14.5. The topological polar surface area (TPSA) is 94.3 Å². The number of nitrogens with zero attached hydrogens (tertiary/aromatic N) is 2. The van der Waals surface area contributed by atoms with Crippen molar-refractivity contribution in [2.45, 2.75) is 13.0 Å². The van der Waals surface area contributed by atoms with Gasteiger partial charge < -0.3 is 14.5 Å². The second-order valence-corrected chi connectivity index (χ2v) is 4.99. The molecule has 0 unspecified atom stereocenters. The van der Waals surface area contributed by atoms with Gasteiger partial charge in [0.1, 0.15) is 16.6 Å². The average molecular weight is 316 g/mol. The highest BCUT2D eigenvalue weighted by atomic mass is 35.5. The Morgan fingerprint density at radius 2 is 2.35 bits per heavy atom. The summed E-state index contributed by atoms with van der Waals surface area (Å²) >= 11 is 6.78. The second kappa shape index (κ2) is 7.01. The SMILES string of the molecule is O=C(CCNC(=O)c1ccco1)OCc1nnsc1Cl. The number of hydrogen-bond acceptors (Lipinski definition) is 7. The van der Waals surface area contributed by atoms with Gasteiger partial charge in [0.2, 0.25) is 0 Å². The van der Waals surface area contributed by atoms with E-state index in [2.05, 4.69) is 14.9 Å². The van der Waals surface area contributed by atoms with Crippen LogP contribution in [0.1, 0.15) is 22.7 Å². The number of halogens is 1. The van der Waals surface area contributed by atoms with Gasteiger partial charge in [0, 0.05) is 18.1 Å². The van der Waals surface area contributed by atoms with Crippen molar-refractivity contribution in [3.63, 3.8) is 0 Å². The third kappa shape index (κ3) is 4.04. The molecule has 0 aliphatic carbocycles. The third-order valence-electron chi connectivity index (χ3n) is 2.24. The van der Waals surface area contributed by atoms with Crippen LogP contribution in [-0.4, -0.2) is 28.0 Å². The number of hydrogen-bond donors (Lipinski definition) is 1. The summed E-state index contributed by atoms with van der Waals surface area (Å²) < 4.78 is 13.9. The van der Waals surface area contributed by atoms with Gasteiger partial charge >= 0.3 is 5.97 Å². The van der Waals surface area contributed by atoms with Crippen LogP contribution in [0.5, 0.6) is 0 Å². The molecule has 0 spiro atoms. The highest BCUT2D eigenvalue weighted by Gasteiger charge is 2.11. The van der Waals surface area contributed by atoms with Crippen molar-refractivity contribution in [1.29, 1.82) is 0 Å². The first-order valence-corrected chi connectivity index (χ1v) is 6.76. The van der Waals surface area contributed by atoms with E-state index in [1.807, 2.05) is 0 Å². The van der Waals surface area contributed by atoms with E-state index >= 15 is 0 Å². The molecule has 1 amide bonds. The molecule has 0 saturated carbocycles. The fraction of sp³-hybridized carbons (Fsp3) is 0.273. The molecule has 2 rings (SSSR count). The zero-order valence-corrected chi connectivity index (χ0v) is 11.7. The predicted molar refractivity (Wildman–Crippen MR) is 70.4 cm³/mol. The van der Waals surface area contributed by atoms with Crippen LogP contribution in [0, 0.1) is 0 Å². The molecule has 0 aromatic carbocycles. The molecule has 2 heterocycles. The van der Waals surface area contributed by atoms with Crippen molar-refractivity contribution in [2.75, 3.05) is 6.54 Å². The Balaban J connectivity index is 1.65. The minimum absolute atomic E-state index is 0.0275. The zero-order chi connectivity index (χ0) is 14.4. The Morgan fingerprint density at radius 3 is 3.00 bits per heavy atom. The van der Waals surface area contributed by atoms with Crippen LogP contribution < -0.4 is 5.32 Å². The van der Waals surface area contributed by atoms with Gasteiger partial charge in [-0.3, -0.25) is 9.59 Å². The Hall–Kier alpha value is -1.93. The van der Waals surface area contributed by atoms with Crippen molar-refractivity contribution < 1.29 is 18.7 Å². The second-order valence-electron chi connectivity index (χ2n) is 3.64. The monoisotopic (exact) mass is 315 g/mol. The number of esters is 1. The summed E-state index contributed by atoms with van der Waals surface area (Å²) in [5.41, 5.74) is 0.421. The van der Waals surface area contributed by atoms with E-state index in [0.717, 1.165) is 11.5 Å². The predicted octanol–water partition coefficient (Wildman–Crippen LogP) is 1.65. The first-order valence-electron chi connectivity index (χ1n) is 5.61. The van der Waals surface area contributed by atoms with Gasteiger partial charge in [-0.15, -0.1) is 5.10 Å². The van der Waals surface area contributed by atoms with E-state index in [1.165, 1.54) is 12.3 Å². The molecule has 1 N–H and O–H groups in total. The molecule has 7 nitrogen and oxygen atoms in total. The number of nitrogens with one attached hydrogen (secondary N) is 1. The van der Waals surface area contributed by atoms with E-state index in [1.54, 1.807) is 6.07 Å². The largest absolute Gasteiger partial charge is 0.459 e. The molecule has 0 fully saturated rings. The summed E-state index contributed by atoms with van der Waals surface area (Å²) in [5, 5.41) is 6.24. The minimum atomic E-state index is -0.464. The fourth-order valence-corrected chi connectivity index (χ4v) is 1.88. The smallest absolute Gasteiger partial charge is 0.307 e. The van der Waals surface area contributed by atoms with Crippen LogP contribution in [0.2, 0.25) is 4.34 Å². The summed E-state index contributed by atoms with van der Waals surface area (Å²) in [5.74, 6) is -0.651. The maximum atomic E-state index is 11.5. The Morgan fingerprint density at radius 1 is 1.50 bits per heavy atom. The van der Waals surface area contributed by atoms with Crippen LogP contribution in [0.3, 0.4) is 0 Å². The number of ether oxygens (including phenoxy) is 1. The number of carbonyl (C=O) groups excluding carboxylic acids is 2. The maximum absolute atomic E-state index is 11.5. The molecule has 0 radical (unpaired) electrons. The molecule has 0 aliphatic heterocycles. The molecular weight excluding hydrogens is 306 g/mol. The minimum Gasteiger partial charge on any atom is -0.459 e. The van der Waals surface area contributed by atoms with Crippen molar-refractivity contribution in [2.24, 2.45) is 0 Å². The van der Waals surface area contributed by atoms with E-state index in [9.17, 15) is 9.59 Å². The lowest BCUT2D eigenvalue weighted by atomic mass is 10.4. The summed E-state index contributed by atoms with van der Waals surface area (Å²) in [7, 11) is 0. The molecule has 2 aromatic heterocycles. The van der Waals surface area contributed by atoms with Crippen LogP contribution in [0.15, 0.2) is 22.8 Å². The maximum Gasteiger partial charge on any atom is 0.307 e. The summed E-state index contributed by atoms with van der Waals surface area (Å²) in [6.45, 7) is 0.127.